The molecule has 0 saturated carbocycles. The lowest BCUT2D eigenvalue weighted by Gasteiger charge is -2.12. The quantitative estimate of drug-likeness (QED) is 0.868. The number of imidazole rings is 1. The molecule has 0 radical (unpaired) electrons. The first-order chi connectivity index (χ1) is 8.66. The average Bonchev–Trinajstić information content (AvgIpc) is 2.76. The Bertz CT molecular complexity index is 495. The van der Waals surface area contributed by atoms with Crippen LogP contribution >= 0.6 is 11.6 Å². The Balaban J connectivity index is 1.83. The Morgan fingerprint density at radius 3 is 2.72 bits per heavy atom. The van der Waals surface area contributed by atoms with Gasteiger partial charge in [-0.05, 0) is 17.7 Å². The molecule has 2 aromatic rings. The molecule has 1 atom stereocenters. The maximum Gasteiger partial charge on any atom is 0.122 e. The summed E-state index contributed by atoms with van der Waals surface area (Å²) in [6.07, 6.45) is 3.11. The molecule has 1 aromatic carbocycles. The van der Waals surface area contributed by atoms with Crippen molar-refractivity contribution in [3.05, 3.63) is 53.1 Å². The summed E-state index contributed by atoms with van der Waals surface area (Å²) < 4.78 is 1.95. The standard InChI is InChI=1S/C13H16ClN3O/c1-17-7-6-16-13(17)9-15-8-12(18)10-2-4-11(14)5-3-10/h2-7,12,15,18H,8-9H2,1H3. The summed E-state index contributed by atoms with van der Waals surface area (Å²) >= 11 is 5.80. The number of halogens is 1. The van der Waals surface area contributed by atoms with Gasteiger partial charge in [-0.3, -0.25) is 0 Å². The van der Waals surface area contributed by atoms with E-state index >= 15 is 0 Å². The Kier molecular flexibility index (Phi) is 4.36. The van der Waals surface area contributed by atoms with Crippen LogP contribution in [0.5, 0.6) is 0 Å². The number of aromatic nitrogens is 2. The minimum Gasteiger partial charge on any atom is -0.387 e. The number of benzene rings is 1. The number of hydrogen-bond donors (Lipinski definition) is 2. The highest BCUT2D eigenvalue weighted by Gasteiger charge is 2.07. The largest absolute Gasteiger partial charge is 0.387 e. The Labute approximate surface area is 111 Å². The predicted octanol–water partition coefficient (Wildman–Crippen LogP) is 1.90. The molecule has 1 aromatic heterocycles. The van der Waals surface area contributed by atoms with E-state index in [1.165, 1.54) is 0 Å². The third-order valence-corrected chi connectivity index (χ3v) is 3.05. The first-order valence-electron chi connectivity index (χ1n) is 5.77. The van der Waals surface area contributed by atoms with E-state index in [0.717, 1.165) is 11.4 Å². The number of rotatable bonds is 5. The Hall–Kier alpha value is -1.36. The SMILES string of the molecule is Cn1ccnc1CNCC(O)c1ccc(Cl)cc1. The van der Waals surface area contributed by atoms with Crippen molar-refractivity contribution in [2.45, 2.75) is 12.6 Å². The van der Waals surface area contributed by atoms with Crippen LogP contribution in [0.2, 0.25) is 5.02 Å². The summed E-state index contributed by atoms with van der Waals surface area (Å²) in [4.78, 5) is 4.20. The molecular weight excluding hydrogens is 250 g/mol. The third kappa shape index (κ3) is 3.32. The normalized spacial score (nSPS) is 12.6. The maximum absolute atomic E-state index is 9.98. The highest BCUT2D eigenvalue weighted by molar-refractivity contribution is 6.30. The smallest absolute Gasteiger partial charge is 0.122 e. The van der Waals surface area contributed by atoms with Crippen molar-refractivity contribution in [2.75, 3.05) is 6.54 Å². The van der Waals surface area contributed by atoms with E-state index in [-0.39, 0.29) is 0 Å². The second-order valence-corrected chi connectivity index (χ2v) is 4.59. The minimum atomic E-state index is -0.539. The molecule has 5 heteroatoms. The molecule has 96 valence electrons. The number of aryl methyl sites for hydroxylation is 1. The van der Waals surface area contributed by atoms with Crippen molar-refractivity contribution < 1.29 is 5.11 Å². The summed E-state index contributed by atoms with van der Waals surface area (Å²) in [6, 6.07) is 7.21. The molecule has 0 fully saturated rings. The van der Waals surface area contributed by atoms with Crippen LogP contribution < -0.4 is 5.32 Å². The van der Waals surface area contributed by atoms with Gasteiger partial charge >= 0.3 is 0 Å². The molecule has 0 amide bonds. The molecule has 4 nitrogen and oxygen atoms in total. The van der Waals surface area contributed by atoms with Crippen LogP contribution in [0.1, 0.15) is 17.5 Å². The first kappa shape index (κ1) is 13.1. The van der Waals surface area contributed by atoms with Crippen molar-refractivity contribution in [3.63, 3.8) is 0 Å². The number of aliphatic hydroxyl groups is 1. The van der Waals surface area contributed by atoms with Gasteiger partial charge in [0.1, 0.15) is 5.82 Å². The summed E-state index contributed by atoms with van der Waals surface area (Å²) in [7, 11) is 1.94. The van der Waals surface area contributed by atoms with Crippen molar-refractivity contribution in [1.82, 2.24) is 14.9 Å². The fraction of sp³-hybridized carbons (Fsp3) is 0.308. The highest BCUT2D eigenvalue weighted by atomic mass is 35.5. The van der Waals surface area contributed by atoms with Gasteiger partial charge in [-0.25, -0.2) is 4.98 Å². The lowest BCUT2D eigenvalue weighted by atomic mass is 10.1. The molecular formula is C13H16ClN3O. The molecule has 1 unspecified atom stereocenters. The van der Waals surface area contributed by atoms with Crippen LogP contribution in [0, 0.1) is 0 Å². The van der Waals surface area contributed by atoms with Crippen LogP contribution in [0.3, 0.4) is 0 Å². The zero-order valence-corrected chi connectivity index (χ0v) is 10.9. The zero-order valence-electron chi connectivity index (χ0n) is 10.2. The topological polar surface area (TPSA) is 50.1 Å². The van der Waals surface area contributed by atoms with E-state index in [2.05, 4.69) is 10.3 Å². The van der Waals surface area contributed by atoms with Gasteiger partial charge in [0.2, 0.25) is 0 Å². The van der Waals surface area contributed by atoms with E-state index in [1.54, 1.807) is 18.3 Å². The van der Waals surface area contributed by atoms with Gasteiger partial charge in [0.15, 0.2) is 0 Å². The monoisotopic (exact) mass is 265 g/mol. The van der Waals surface area contributed by atoms with E-state index in [0.29, 0.717) is 18.1 Å². The zero-order chi connectivity index (χ0) is 13.0. The molecule has 18 heavy (non-hydrogen) atoms. The van der Waals surface area contributed by atoms with Crippen LogP contribution in [-0.2, 0) is 13.6 Å². The van der Waals surface area contributed by atoms with Crippen molar-refractivity contribution in [3.8, 4) is 0 Å². The molecule has 0 spiro atoms. The summed E-state index contributed by atoms with van der Waals surface area (Å²) in [6.45, 7) is 1.11. The summed E-state index contributed by atoms with van der Waals surface area (Å²) in [5.41, 5.74) is 0.853. The molecule has 2 rings (SSSR count). The van der Waals surface area contributed by atoms with E-state index in [1.807, 2.05) is 29.9 Å². The second-order valence-electron chi connectivity index (χ2n) is 4.15. The summed E-state index contributed by atoms with van der Waals surface area (Å²) in [5.74, 6) is 0.943. The minimum absolute atomic E-state index is 0.481. The lowest BCUT2D eigenvalue weighted by molar-refractivity contribution is 0.174. The van der Waals surface area contributed by atoms with Crippen molar-refractivity contribution >= 4 is 11.6 Å². The van der Waals surface area contributed by atoms with Gasteiger partial charge in [0.25, 0.3) is 0 Å². The van der Waals surface area contributed by atoms with Gasteiger partial charge in [-0.2, -0.15) is 0 Å². The Morgan fingerprint density at radius 2 is 2.11 bits per heavy atom. The van der Waals surface area contributed by atoms with Crippen LogP contribution in [-0.4, -0.2) is 21.2 Å². The van der Waals surface area contributed by atoms with Crippen LogP contribution in [0.25, 0.3) is 0 Å². The molecule has 1 heterocycles. The fourth-order valence-corrected chi connectivity index (χ4v) is 1.82. The molecule has 0 aliphatic heterocycles. The third-order valence-electron chi connectivity index (χ3n) is 2.80. The van der Waals surface area contributed by atoms with Crippen LogP contribution in [0.4, 0.5) is 0 Å². The lowest BCUT2D eigenvalue weighted by Crippen LogP contribution is -2.22. The van der Waals surface area contributed by atoms with Crippen molar-refractivity contribution in [2.24, 2.45) is 7.05 Å². The van der Waals surface area contributed by atoms with Gasteiger partial charge in [0.05, 0.1) is 12.6 Å². The molecule has 0 bridgehead atoms. The van der Waals surface area contributed by atoms with E-state index in [4.69, 9.17) is 11.6 Å². The van der Waals surface area contributed by atoms with E-state index < -0.39 is 6.10 Å². The molecule has 0 aliphatic rings. The predicted molar refractivity (Wildman–Crippen MR) is 71.3 cm³/mol. The summed E-state index contributed by atoms with van der Waals surface area (Å²) in [5, 5.41) is 13.8. The average molecular weight is 266 g/mol. The first-order valence-corrected chi connectivity index (χ1v) is 6.15. The number of aliphatic hydroxyl groups excluding tert-OH is 1. The molecule has 0 aliphatic carbocycles. The number of nitrogens with zero attached hydrogens (tertiary/aromatic N) is 2. The number of hydrogen-bond acceptors (Lipinski definition) is 3. The Morgan fingerprint density at radius 1 is 1.39 bits per heavy atom. The van der Waals surface area contributed by atoms with Crippen molar-refractivity contribution in [1.29, 1.82) is 0 Å². The van der Waals surface area contributed by atoms with Gasteiger partial charge < -0.3 is 15.0 Å². The fourth-order valence-electron chi connectivity index (χ4n) is 1.69. The molecule has 0 saturated heterocycles. The maximum atomic E-state index is 9.98. The molecule has 2 N–H and O–H groups in total. The second kappa shape index (κ2) is 6.00. The van der Waals surface area contributed by atoms with Gasteiger partial charge in [0, 0.05) is 31.0 Å². The van der Waals surface area contributed by atoms with Gasteiger partial charge in [-0.15, -0.1) is 0 Å². The van der Waals surface area contributed by atoms with Crippen LogP contribution in [0.15, 0.2) is 36.7 Å². The van der Waals surface area contributed by atoms with Gasteiger partial charge in [-0.1, -0.05) is 23.7 Å². The number of nitrogens with one attached hydrogen (secondary N) is 1. The van der Waals surface area contributed by atoms with E-state index in [9.17, 15) is 5.11 Å². The highest BCUT2D eigenvalue weighted by Crippen LogP contribution is 2.15.